The third-order valence-electron chi connectivity index (χ3n) is 5.66. The predicted molar refractivity (Wildman–Crippen MR) is 108 cm³/mol. The molecule has 0 unspecified atom stereocenters. The van der Waals surface area contributed by atoms with Crippen molar-refractivity contribution in [2.24, 2.45) is 0 Å². The number of rotatable bonds is 6. The lowest BCUT2D eigenvalue weighted by molar-refractivity contribution is -0.329. The number of hydrogen-bond acceptors (Lipinski definition) is 7. The lowest BCUT2D eigenvalue weighted by atomic mass is 9.83. The van der Waals surface area contributed by atoms with Gasteiger partial charge >= 0.3 is 0 Å². The molecule has 0 spiro atoms. The Labute approximate surface area is 186 Å². The summed E-state index contributed by atoms with van der Waals surface area (Å²) in [7, 11) is 0. The lowest BCUT2D eigenvalue weighted by Crippen LogP contribution is -2.65. The van der Waals surface area contributed by atoms with Crippen molar-refractivity contribution in [2.45, 2.75) is 43.0 Å². The molecule has 7 nitrogen and oxygen atoms in total. The number of benzene rings is 2. The maximum absolute atomic E-state index is 10.7. The molecule has 5 atom stereocenters. The third-order valence-corrected chi connectivity index (χ3v) is 6.03. The minimum absolute atomic E-state index is 0.0413. The first-order valence-corrected chi connectivity index (χ1v) is 9.68. The Morgan fingerprint density at radius 3 is 2.67 bits per heavy atom. The van der Waals surface area contributed by atoms with E-state index in [1.54, 1.807) is 30.3 Å². The zero-order chi connectivity index (χ0) is 25.8. The van der Waals surface area contributed by atoms with Gasteiger partial charge in [0.2, 0.25) is 5.79 Å². The molecule has 0 aliphatic carbocycles. The monoisotopic (exact) mass is 441 g/mol. The molecule has 0 radical (unpaired) electrons. The van der Waals surface area contributed by atoms with Gasteiger partial charge in [0.05, 0.1) is 22.5 Å². The van der Waals surface area contributed by atoms with Crippen molar-refractivity contribution in [3.05, 3.63) is 64.2 Å². The van der Waals surface area contributed by atoms with Crippen molar-refractivity contribution < 1.29 is 41.5 Å². The molecule has 0 saturated carbocycles. The first-order chi connectivity index (χ1) is 16.2. The average molecular weight is 442 g/mol. The van der Waals surface area contributed by atoms with Gasteiger partial charge in [-0.3, -0.25) is 0 Å². The molecule has 2 aromatic rings. The van der Waals surface area contributed by atoms with Gasteiger partial charge in [0.25, 0.3) is 0 Å². The molecule has 162 valence electrons. The van der Waals surface area contributed by atoms with E-state index in [0.717, 1.165) is 5.56 Å². The molecule has 4 N–H and O–H groups in total. The molecule has 0 aromatic heterocycles. The summed E-state index contributed by atoms with van der Waals surface area (Å²) >= 11 is 6.39. The molecule has 2 aliphatic rings. The first kappa shape index (κ1) is 16.0. The van der Waals surface area contributed by atoms with E-state index in [-0.39, 0.29) is 12.4 Å². The molecular weight excluding hydrogens is 412 g/mol. The van der Waals surface area contributed by atoms with Gasteiger partial charge < -0.3 is 34.6 Å². The normalized spacial score (nSPS) is 36.3. The largest absolute Gasteiger partial charge is 0.494 e. The quantitative estimate of drug-likeness (QED) is 0.536. The van der Waals surface area contributed by atoms with Crippen molar-refractivity contribution >= 4 is 11.6 Å². The highest BCUT2D eigenvalue weighted by Crippen LogP contribution is 2.49. The molecule has 2 bridgehead atoms. The maximum atomic E-state index is 10.7. The minimum atomic E-state index is -2.95. The summed E-state index contributed by atoms with van der Waals surface area (Å²) in [6.45, 7) is -6.68. The Kier molecular flexibility index (Phi) is 4.31. The highest BCUT2D eigenvalue weighted by Gasteiger charge is 2.67. The third kappa shape index (κ3) is 3.40. The van der Waals surface area contributed by atoms with Gasteiger partial charge in [0.1, 0.15) is 29.7 Å². The Morgan fingerprint density at radius 2 is 1.97 bits per heavy atom. The van der Waals surface area contributed by atoms with Gasteiger partial charge in [-0.15, -0.1) is 0 Å². The fourth-order valence-corrected chi connectivity index (χ4v) is 4.14. The van der Waals surface area contributed by atoms with Crippen LogP contribution in [0.1, 0.15) is 30.4 Å². The standard InChI is InChI=1S/C22H25ClO7/c1-2-28-16-6-3-13(4-7-16)9-14-10-15(5-8-17(14)23)22-20(27)18(25)19(26)21(11-24,30-22)12-29-22/h3-8,10,18-20,24-27H,2,9,11-12H2,1H3/t18-,19-,20+,21-,22-/m0/s1/i1D3,2D2. The molecular formula is C22H25ClO7. The summed E-state index contributed by atoms with van der Waals surface area (Å²) in [5.41, 5.74) is 0.0810. The number of aliphatic hydroxyl groups excluding tert-OH is 4. The summed E-state index contributed by atoms with van der Waals surface area (Å²) in [6.07, 6.45) is -4.52. The fraction of sp³-hybridized carbons (Fsp3) is 0.455. The number of fused-ring (bicyclic) bond motifs is 2. The summed E-state index contributed by atoms with van der Waals surface area (Å²) in [4.78, 5) is 0. The second kappa shape index (κ2) is 8.09. The number of aliphatic hydroxyl groups is 4. The van der Waals surface area contributed by atoms with Crippen molar-refractivity contribution in [1.29, 1.82) is 0 Å². The van der Waals surface area contributed by atoms with Gasteiger partial charge in [0.15, 0.2) is 0 Å². The zero-order valence-corrected chi connectivity index (χ0v) is 16.5. The predicted octanol–water partition coefficient (Wildman–Crippen LogP) is 1.36. The van der Waals surface area contributed by atoms with Gasteiger partial charge in [-0.25, -0.2) is 0 Å². The zero-order valence-electron chi connectivity index (χ0n) is 20.8. The molecule has 2 heterocycles. The highest BCUT2D eigenvalue weighted by molar-refractivity contribution is 6.31. The van der Waals surface area contributed by atoms with Crippen molar-refractivity contribution in [1.82, 2.24) is 0 Å². The van der Waals surface area contributed by atoms with E-state index in [0.29, 0.717) is 22.6 Å². The van der Waals surface area contributed by atoms with Crippen LogP contribution in [0.4, 0.5) is 0 Å². The minimum Gasteiger partial charge on any atom is -0.494 e. The number of halogens is 1. The van der Waals surface area contributed by atoms with Crippen LogP contribution in [0.2, 0.25) is 5.02 Å². The summed E-state index contributed by atoms with van der Waals surface area (Å²) < 4.78 is 53.5. The van der Waals surface area contributed by atoms with Crippen LogP contribution in [0.5, 0.6) is 5.75 Å². The Hall–Kier alpha value is -1.71. The summed E-state index contributed by atoms with van der Waals surface area (Å²) in [5.74, 6) is -1.78. The van der Waals surface area contributed by atoms with Crippen LogP contribution in [0.25, 0.3) is 0 Å². The second-order valence-corrected chi connectivity index (χ2v) is 7.90. The topological polar surface area (TPSA) is 109 Å². The second-order valence-electron chi connectivity index (χ2n) is 7.49. The van der Waals surface area contributed by atoms with Crippen LogP contribution in [0, 0.1) is 0 Å². The van der Waals surface area contributed by atoms with Crippen molar-refractivity contribution in [3.8, 4) is 5.75 Å². The lowest BCUT2D eigenvalue weighted by Gasteiger charge is -2.46. The Balaban J connectivity index is 1.58. The Morgan fingerprint density at radius 1 is 1.20 bits per heavy atom. The van der Waals surface area contributed by atoms with Crippen LogP contribution in [-0.4, -0.2) is 64.1 Å². The van der Waals surface area contributed by atoms with Crippen LogP contribution in [-0.2, 0) is 21.7 Å². The SMILES string of the molecule is [2H]C([2H])([2H])C([2H])([2H])Oc1ccc(Cc2cc([C@]34OC[C@](CO)(O3)[C@@H](O)[C@H](O)[C@H]4O)ccc2Cl)cc1. The van der Waals surface area contributed by atoms with Gasteiger partial charge in [-0.05, 0) is 48.7 Å². The van der Waals surface area contributed by atoms with E-state index in [1.165, 1.54) is 12.1 Å². The van der Waals surface area contributed by atoms with E-state index < -0.39 is 49.7 Å². The van der Waals surface area contributed by atoms with E-state index in [1.807, 2.05) is 0 Å². The molecule has 2 aliphatic heterocycles. The average Bonchev–Trinajstić information content (AvgIpc) is 3.18. The van der Waals surface area contributed by atoms with Crippen LogP contribution in [0.3, 0.4) is 0 Å². The van der Waals surface area contributed by atoms with Crippen molar-refractivity contribution in [3.63, 3.8) is 0 Å². The van der Waals surface area contributed by atoms with E-state index in [4.69, 9.17) is 32.7 Å². The fourth-order valence-electron chi connectivity index (χ4n) is 3.96. The maximum Gasteiger partial charge on any atom is 0.225 e. The van der Waals surface area contributed by atoms with E-state index in [9.17, 15) is 20.4 Å². The summed E-state index contributed by atoms with van der Waals surface area (Å²) in [6, 6.07) is 10.9. The number of ether oxygens (including phenoxy) is 3. The molecule has 30 heavy (non-hydrogen) atoms. The Bertz CT molecular complexity index is 1080. The molecule has 2 aromatic carbocycles. The van der Waals surface area contributed by atoms with Gasteiger partial charge in [-0.2, -0.15) is 0 Å². The van der Waals surface area contributed by atoms with Crippen LogP contribution in [0.15, 0.2) is 42.5 Å². The smallest absolute Gasteiger partial charge is 0.225 e. The van der Waals surface area contributed by atoms with E-state index in [2.05, 4.69) is 0 Å². The highest BCUT2D eigenvalue weighted by atomic mass is 35.5. The molecule has 4 rings (SSSR count). The van der Waals surface area contributed by atoms with Crippen LogP contribution < -0.4 is 4.74 Å². The van der Waals surface area contributed by atoms with Crippen LogP contribution >= 0.6 is 11.6 Å². The molecule has 2 saturated heterocycles. The van der Waals surface area contributed by atoms with Gasteiger partial charge in [0, 0.05) is 14.7 Å². The number of hydrogen-bond donors (Lipinski definition) is 4. The molecule has 8 heteroatoms. The molecule has 0 amide bonds. The van der Waals surface area contributed by atoms with Crippen molar-refractivity contribution in [2.75, 3.05) is 19.8 Å². The first-order valence-electron chi connectivity index (χ1n) is 11.8. The summed E-state index contributed by atoms with van der Waals surface area (Å²) in [5, 5.41) is 41.6. The van der Waals surface area contributed by atoms with Gasteiger partial charge in [-0.1, -0.05) is 29.8 Å². The molecule has 2 fully saturated rings. The van der Waals surface area contributed by atoms with E-state index >= 15 is 0 Å².